The second-order valence-electron chi connectivity index (χ2n) is 8.51. The molecule has 0 unspecified atom stereocenters. The van der Waals surface area contributed by atoms with Crippen molar-refractivity contribution in [2.45, 2.75) is 44.2 Å². The second-order valence-corrected chi connectivity index (χ2v) is 10.3. The van der Waals surface area contributed by atoms with Crippen LogP contribution in [0.5, 0.6) is 0 Å². The highest BCUT2D eigenvalue weighted by Gasteiger charge is 2.27. The predicted octanol–water partition coefficient (Wildman–Crippen LogP) is 3.69. The summed E-state index contributed by atoms with van der Waals surface area (Å²) in [5, 5.41) is 11.4. The van der Waals surface area contributed by atoms with Gasteiger partial charge < -0.3 is 10.0 Å². The van der Waals surface area contributed by atoms with Gasteiger partial charge in [-0.25, -0.2) is 15.0 Å². The molecular formula is C22H29N5OS2. The lowest BCUT2D eigenvalue weighted by atomic mass is 9.99. The Labute approximate surface area is 185 Å². The third-order valence-electron chi connectivity index (χ3n) is 6.34. The number of β-amino-alcohol motifs (C(OH)–C–C–N with tert-alkyl or cyclic N) is 1. The number of pyridine rings is 1. The van der Waals surface area contributed by atoms with Crippen LogP contribution in [0.4, 0.5) is 5.82 Å². The van der Waals surface area contributed by atoms with E-state index in [1.807, 2.05) is 0 Å². The predicted molar refractivity (Wildman–Crippen MR) is 126 cm³/mol. The van der Waals surface area contributed by atoms with Gasteiger partial charge in [-0.2, -0.15) is 0 Å². The summed E-state index contributed by atoms with van der Waals surface area (Å²) in [6.45, 7) is 9.24. The number of hydrogen-bond acceptors (Lipinski definition) is 8. The average molecular weight is 444 g/mol. The highest BCUT2D eigenvalue weighted by atomic mass is 32.2. The molecule has 0 spiro atoms. The van der Waals surface area contributed by atoms with E-state index in [2.05, 4.69) is 29.9 Å². The number of fused-ring (bicyclic) bond motifs is 5. The molecule has 3 aromatic rings. The fourth-order valence-electron chi connectivity index (χ4n) is 4.87. The molecule has 160 valence electrons. The quantitative estimate of drug-likeness (QED) is 0.476. The van der Waals surface area contributed by atoms with Crippen molar-refractivity contribution in [3.05, 3.63) is 16.8 Å². The van der Waals surface area contributed by atoms with Gasteiger partial charge in [-0.1, -0.05) is 25.6 Å². The first kappa shape index (κ1) is 20.4. The summed E-state index contributed by atoms with van der Waals surface area (Å²) >= 11 is 3.38. The topological polar surface area (TPSA) is 65.4 Å². The van der Waals surface area contributed by atoms with E-state index >= 15 is 0 Å². The Morgan fingerprint density at radius 3 is 2.53 bits per heavy atom. The molecule has 1 aliphatic heterocycles. The highest BCUT2D eigenvalue weighted by molar-refractivity contribution is 7.98. The summed E-state index contributed by atoms with van der Waals surface area (Å²) in [5.74, 6) is 1.51. The molecule has 0 radical (unpaired) electrons. The monoisotopic (exact) mass is 443 g/mol. The number of aliphatic hydroxyl groups is 1. The van der Waals surface area contributed by atoms with Crippen LogP contribution in [0.25, 0.3) is 20.4 Å². The number of anilines is 1. The van der Waals surface area contributed by atoms with E-state index in [1.54, 1.807) is 23.1 Å². The maximum absolute atomic E-state index is 9.25. The number of thioether (sulfide) groups is 1. The standard InChI is InChI=1S/C22H29N5OS2/c1-13(2)17-15-6-4-5-14(15)16-18-19(30-21(16)23-17)20(25-22(24-18)29-3)27-9-7-26(8-10-27)11-12-28/h13,28H,4-12H2,1-3H3. The van der Waals surface area contributed by atoms with Crippen molar-refractivity contribution in [2.24, 2.45) is 0 Å². The molecule has 1 N–H and O–H groups in total. The number of piperazine rings is 1. The average Bonchev–Trinajstić information content (AvgIpc) is 3.37. The van der Waals surface area contributed by atoms with Crippen LogP contribution in [0.2, 0.25) is 0 Å². The normalized spacial score (nSPS) is 17.6. The van der Waals surface area contributed by atoms with E-state index in [4.69, 9.17) is 15.0 Å². The Bertz CT molecular complexity index is 1090. The van der Waals surface area contributed by atoms with E-state index in [0.29, 0.717) is 5.92 Å². The molecular weight excluding hydrogens is 414 g/mol. The zero-order valence-corrected chi connectivity index (χ0v) is 19.6. The van der Waals surface area contributed by atoms with Crippen LogP contribution in [0.1, 0.15) is 43.0 Å². The summed E-state index contributed by atoms with van der Waals surface area (Å²) in [6.07, 6.45) is 5.54. The van der Waals surface area contributed by atoms with Crippen molar-refractivity contribution in [2.75, 3.05) is 50.5 Å². The molecule has 6 nitrogen and oxygen atoms in total. The van der Waals surface area contributed by atoms with Crippen LogP contribution in [0.15, 0.2) is 5.16 Å². The number of aryl methyl sites for hydroxylation is 1. The smallest absolute Gasteiger partial charge is 0.189 e. The summed E-state index contributed by atoms with van der Waals surface area (Å²) < 4.78 is 1.18. The highest BCUT2D eigenvalue weighted by Crippen LogP contribution is 2.44. The lowest BCUT2D eigenvalue weighted by molar-refractivity contribution is 0.188. The Morgan fingerprint density at radius 1 is 1.07 bits per heavy atom. The summed E-state index contributed by atoms with van der Waals surface area (Å²) in [7, 11) is 0. The van der Waals surface area contributed by atoms with Crippen LogP contribution in [-0.4, -0.2) is 70.5 Å². The molecule has 0 aromatic carbocycles. The van der Waals surface area contributed by atoms with Gasteiger partial charge in [-0.15, -0.1) is 11.3 Å². The molecule has 0 saturated carbocycles. The van der Waals surface area contributed by atoms with Crippen molar-refractivity contribution in [3.63, 3.8) is 0 Å². The van der Waals surface area contributed by atoms with Crippen molar-refractivity contribution in [1.29, 1.82) is 0 Å². The van der Waals surface area contributed by atoms with Gasteiger partial charge in [-0.05, 0) is 42.6 Å². The molecule has 5 rings (SSSR count). The molecule has 30 heavy (non-hydrogen) atoms. The van der Waals surface area contributed by atoms with Crippen LogP contribution in [-0.2, 0) is 12.8 Å². The number of hydrogen-bond donors (Lipinski definition) is 1. The maximum Gasteiger partial charge on any atom is 0.189 e. The first-order valence-corrected chi connectivity index (χ1v) is 12.9. The van der Waals surface area contributed by atoms with Gasteiger partial charge in [0.2, 0.25) is 0 Å². The fraction of sp³-hybridized carbons (Fsp3) is 0.591. The molecule has 8 heteroatoms. The van der Waals surface area contributed by atoms with E-state index in [9.17, 15) is 5.11 Å². The van der Waals surface area contributed by atoms with Crippen LogP contribution in [0.3, 0.4) is 0 Å². The van der Waals surface area contributed by atoms with Crippen LogP contribution >= 0.6 is 23.1 Å². The molecule has 2 aliphatic rings. The van der Waals surface area contributed by atoms with Crippen molar-refractivity contribution in [1.82, 2.24) is 19.9 Å². The van der Waals surface area contributed by atoms with Crippen molar-refractivity contribution >= 4 is 49.3 Å². The van der Waals surface area contributed by atoms with Gasteiger partial charge in [0, 0.05) is 43.8 Å². The Balaban J connectivity index is 1.67. The van der Waals surface area contributed by atoms with Gasteiger partial charge in [-0.3, -0.25) is 4.90 Å². The van der Waals surface area contributed by atoms with Crippen LogP contribution < -0.4 is 4.90 Å². The maximum atomic E-state index is 9.25. The number of aromatic nitrogens is 3. The minimum absolute atomic E-state index is 0.222. The Morgan fingerprint density at radius 2 is 1.83 bits per heavy atom. The van der Waals surface area contributed by atoms with E-state index in [0.717, 1.165) is 66.9 Å². The number of thiophene rings is 1. The fourth-order valence-corrected chi connectivity index (χ4v) is 6.40. The summed E-state index contributed by atoms with van der Waals surface area (Å²) in [6, 6.07) is 0. The zero-order chi connectivity index (χ0) is 20.8. The van der Waals surface area contributed by atoms with Crippen LogP contribution in [0, 0.1) is 0 Å². The lowest BCUT2D eigenvalue weighted by Crippen LogP contribution is -2.47. The van der Waals surface area contributed by atoms with Gasteiger partial charge in [0.1, 0.15) is 4.83 Å². The minimum Gasteiger partial charge on any atom is -0.395 e. The molecule has 0 bridgehead atoms. The van der Waals surface area contributed by atoms with Crippen molar-refractivity contribution in [3.8, 4) is 0 Å². The first-order valence-electron chi connectivity index (χ1n) is 10.9. The third-order valence-corrected chi connectivity index (χ3v) is 7.96. The number of aliphatic hydroxyl groups excluding tert-OH is 1. The van der Waals surface area contributed by atoms with Gasteiger partial charge in [0.25, 0.3) is 0 Å². The van der Waals surface area contributed by atoms with E-state index < -0.39 is 0 Å². The number of nitrogens with zero attached hydrogens (tertiary/aromatic N) is 5. The first-order chi connectivity index (χ1) is 14.6. The lowest BCUT2D eigenvalue weighted by Gasteiger charge is -2.35. The van der Waals surface area contributed by atoms with E-state index in [1.165, 1.54) is 33.3 Å². The van der Waals surface area contributed by atoms with Gasteiger partial charge in [0.05, 0.1) is 16.8 Å². The van der Waals surface area contributed by atoms with E-state index in [-0.39, 0.29) is 6.61 Å². The summed E-state index contributed by atoms with van der Waals surface area (Å²) in [5.41, 5.74) is 5.34. The van der Waals surface area contributed by atoms with Gasteiger partial charge >= 0.3 is 0 Å². The SMILES string of the molecule is CSc1nc(N2CCN(CCO)CC2)c2sc3nc(C(C)C)c4c(c3c2n1)CCC4. The molecule has 1 saturated heterocycles. The summed E-state index contributed by atoms with van der Waals surface area (Å²) in [4.78, 5) is 20.9. The Kier molecular flexibility index (Phi) is 5.60. The Hall–Kier alpha value is -1.48. The molecule has 0 atom stereocenters. The largest absolute Gasteiger partial charge is 0.395 e. The molecule has 4 heterocycles. The molecule has 3 aromatic heterocycles. The number of rotatable bonds is 5. The molecule has 0 amide bonds. The third kappa shape index (κ3) is 3.38. The minimum atomic E-state index is 0.222. The molecule has 1 aliphatic carbocycles. The molecule has 1 fully saturated rings. The van der Waals surface area contributed by atoms with Crippen molar-refractivity contribution < 1.29 is 5.11 Å². The zero-order valence-electron chi connectivity index (χ0n) is 17.9. The second kappa shape index (κ2) is 8.22. The van der Waals surface area contributed by atoms with Gasteiger partial charge in [0.15, 0.2) is 11.0 Å².